The van der Waals surface area contributed by atoms with E-state index in [1.807, 2.05) is 6.92 Å². The number of fused-ring (bicyclic) bond motifs is 1. The third kappa shape index (κ3) is 3.24. The predicted molar refractivity (Wildman–Crippen MR) is 79.4 cm³/mol. The number of benzene rings is 1. The lowest BCUT2D eigenvalue weighted by atomic mass is 10.1. The topological polar surface area (TPSA) is 66.5 Å². The van der Waals surface area contributed by atoms with Crippen molar-refractivity contribution < 1.29 is 14.4 Å². The van der Waals surface area contributed by atoms with Gasteiger partial charge in [0.15, 0.2) is 0 Å². The number of unbranched alkanes of at least 4 members (excludes halogenated alkanes) is 1. The molecule has 0 aliphatic carbocycles. The summed E-state index contributed by atoms with van der Waals surface area (Å²) >= 11 is 5.97. The third-order valence-electron chi connectivity index (χ3n) is 3.36. The van der Waals surface area contributed by atoms with Crippen molar-refractivity contribution in [3.63, 3.8) is 0 Å². The molecule has 0 radical (unpaired) electrons. The second-order valence-electron chi connectivity index (χ2n) is 4.88. The van der Waals surface area contributed by atoms with Crippen LogP contribution >= 0.6 is 11.6 Å². The number of amides is 3. The van der Waals surface area contributed by atoms with Crippen LogP contribution in [0.1, 0.15) is 46.9 Å². The smallest absolute Gasteiger partial charge is 0.263 e. The van der Waals surface area contributed by atoms with Crippen LogP contribution in [0.2, 0.25) is 5.02 Å². The van der Waals surface area contributed by atoms with Gasteiger partial charge in [0.1, 0.15) is 0 Å². The number of carbonyl (C=O) groups excluding carboxylic acids is 3. The summed E-state index contributed by atoms with van der Waals surface area (Å²) in [7, 11) is 0. The summed E-state index contributed by atoms with van der Waals surface area (Å²) in [4.78, 5) is 36.9. The second kappa shape index (κ2) is 6.72. The van der Waals surface area contributed by atoms with Gasteiger partial charge in [-0.25, -0.2) is 0 Å². The molecule has 0 unspecified atom stereocenters. The van der Waals surface area contributed by atoms with Crippen LogP contribution in [-0.4, -0.2) is 35.7 Å². The fourth-order valence-electron chi connectivity index (χ4n) is 2.23. The summed E-state index contributed by atoms with van der Waals surface area (Å²) < 4.78 is 0. The molecule has 1 aliphatic heterocycles. The normalized spacial score (nSPS) is 13.5. The van der Waals surface area contributed by atoms with Crippen molar-refractivity contribution in [1.29, 1.82) is 0 Å². The summed E-state index contributed by atoms with van der Waals surface area (Å²) in [5, 5.41) is 2.99. The highest BCUT2D eigenvalue weighted by molar-refractivity contribution is 6.37. The molecule has 5 nitrogen and oxygen atoms in total. The number of carbonyl (C=O) groups is 3. The lowest BCUT2D eigenvalue weighted by molar-refractivity contribution is -0.121. The summed E-state index contributed by atoms with van der Waals surface area (Å²) in [6, 6.07) is 4.81. The van der Waals surface area contributed by atoms with Crippen molar-refractivity contribution in [3.05, 3.63) is 34.3 Å². The first kappa shape index (κ1) is 15.5. The van der Waals surface area contributed by atoms with E-state index in [4.69, 9.17) is 11.6 Å². The van der Waals surface area contributed by atoms with Crippen molar-refractivity contribution in [2.75, 3.05) is 13.1 Å². The molecule has 1 heterocycles. The van der Waals surface area contributed by atoms with Crippen molar-refractivity contribution in [2.24, 2.45) is 0 Å². The van der Waals surface area contributed by atoms with E-state index < -0.39 is 5.91 Å². The van der Waals surface area contributed by atoms with Crippen LogP contribution in [-0.2, 0) is 4.79 Å². The van der Waals surface area contributed by atoms with E-state index in [1.54, 1.807) is 18.2 Å². The number of nitrogens with one attached hydrogen (secondary N) is 1. The van der Waals surface area contributed by atoms with Gasteiger partial charge in [-0.3, -0.25) is 19.3 Å². The van der Waals surface area contributed by atoms with Gasteiger partial charge >= 0.3 is 0 Å². The van der Waals surface area contributed by atoms with Crippen molar-refractivity contribution in [2.45, 2.75) is 26.2 Å². The van der Waals surface area contributed by atoms with Gasteiger partial charge in [0.05, 0.1) is 16.1 Å². The molecule has 0 bridgehead atoms. The molecule has 1 aromatic rings. The van der Waals surface area contributed by atoms with E-state index in [0.717, 1.165) is 17.7 Å². The van der Waals surface area contributed by atoms with Crippen LogP contribution in [0.3, 0.4) is 0 Å². The van der Waals surface area contributed by atoms with Crippen LogP contribution in [0, 0.1) is 0 Å². The minimum Gasteiger partial charge on any atom is -0.354 e. The average molecular weight is 309 g/mol. The lowest BCUT2D eigenvalue weighted by Gasteiger charge is -2.14. The predicted octanol–water partition coefficient (Wildman–Crippen LogP) is 2.24. The Morgan fingerprint density at radius 1 is 1.29 bits per heavy atom. The molecule has 0 saturated heterocycles. The van der Waals surface area contributed by atoms with E-state index in [-0.39, 0.29) is 35.5 Å². The van der Waals surface area contributed by atoms with E-state index in [1.165, 1.54) is 0 Å². The van der Waals surface area contributed by atoms with E-state index in [2.05, 4.69) is 5.32 Å². The molecule has 21 heavy (non-hydrogen) atoms. The Kier molecular flexibility index (Phi) is 4.96. The molecule has 0 fully saturated rings. The van der Waals surface area contributed by atoms with Crippen molar-refractivity contribution >= 4 is 29.3 Å². The Morgan fingerprint density at radius 2 is 2.05 bits per heavy atom. The van der Waals surface area contributed by atoms with Crippen LogP contribution < -0.4 is 5.32 Å². The molecule has 0 atom stereocenters. The van der Waals surface area contributed by atoms with Gasteiger partial charge in [-0.05, 0) is 18.6 Å². The van der Waals surface area contributed by atoms with Gasteiger partial charge in [-0.2, -0.15) is 0 Å². The van der Waals surface area contributed by atoms with Crippen LogP contribution in [0.5, 0.6) is 0 Å². The van der Waals surface area contributed by atoms with E-state index >= 15 is 0 Å². The Bertz CT molecular complexity index is 586. The monoisotopic (exact) mass is 308 g/mol. The molecule has 0 spiro atoms. The van der Waals surface area contributed by atoms with Gasteiger partial charge in [0.25, 0.3) is 11.8 Å². The highest BCUT2D eigenvalue weighted by Crippen LogP contribution is 2.28. The quantitative estimate of drug-likeness (QED) is 0.820. The maximum absolute atomic E-state index is 12.2. The minimum atomic E-state index is -0.400. The van der Waals surface area contributed by atoms with Gasteiger partial charge < -0.3 is 5.32 Å². The maximum Gasteiger partial charge on any atom is 0.263 e. The van der Waals surface area contributed by atoms with Gasteiger partial charge in [-0.15, -0.1) is 0 Å². The number of halogens is 1. The van der Waals surface area contributed by atoms with Gasteiger partial charge in [0.2, 0.25) is 5.91 Å². The van der Waals surface area contributed by atoms with Crippen molar-refractivity contribution in [3.8, 4) is 0 Å². The first-order valence-corrected chi connectivity index (χ1v) is 7.35. The Balaban J connectivity index is 1.95. The standard InChI is InChI=1S/C15H17ClN2O3/c1-2-3-7-12(19)17-8-9-18-14(20)10-5-4-6-11(16)13(10)15(18)21/h4-6H,2-3,7-9H2,1H3,(H,17,19). The molecular weight excluding hydrogens is 292 g/mol. The molecule has 3 amide bonds. The summed E-state index contributed by atoms with van der Waals surface area (Å²) in [5.74, 6) is -0.824. The first-order valence-electron chi connectivity index (χ1n) is 6.97. The Labute approximate surface area is 128 Å². The van der Waals surface area contributed by atoms with Crippen LogP contribution in [0.25, 0.3) is 0 Å². The molecule has 6 heteroatoms. The number of rotatable bonds is 6. The lowest BCUT2D eigenvalue weighted by Crippen LogP contribution is -2.38. The molecule has 0 aromatic heterocycles. The number of nitrogens with zero attached hydrogens (tertiary/aromatic N) is 1. The van der Waals surface area contributed by atoms with Crippen molar-refractivity contribution in [1.82, 2.24) is 10.2 Å². The molecule has 2 rings (SSSR count). The third-order valence-corrected chi connectivity index (χ3v) is 3.68. The molecule has 1 N–H and O–H groups in total. The zero-order valence-corrected chi connectivity index (χ0v) is 12.6. The number of hydrogen-bond donors (Lipinski definition) is 1. The fraction of sp³-hybridized carbons (Fsp3) is 0.400. The van der Waals surface area contributed by atoms with Gasteiger partial charge in [-0.1, -0.05) is 31.0 Å². The molecule has 0 saturated carbocycles. The molecule has 112 valence electrons. The Hall–Kier alpha value is -1.88. The number of hydrogen-bond acceptors (Lipinski definition) is 3. The van der Waals surface area contributed by atoms with Gasteiger partial charge in [0, 0.05) is 19.5 Å². The fourth-order valence-corrected chi connectivity index (χ4v) is 2.48. The first-order chi connectivity index (χ1) is 10.1. The molecule has 1 aromatic carbocycles. The van der Waals surface area contributed by atoms with E-state index in [0.29, 0.717) is 12.0 Å². The molecule has 1 aliphatic rings. The van der Waals surface area contributed by atoms with Crippen LogP contribution in [0.15, 0.2) is 18.2 Å². The maximum atomic E-state index is 12.2. The molecular formula is C15H17ClN2O3. The average Bonchev–Trinajstić information content (AvgIpc) is 2.71. The highest BCUT2D eigenvalue weighted by Gasteiger charge is 2.36. The largest absolute Gasteiger partial charge is 0.354 e. The zero-order chi connectivity index (χ0) is 15.4. The summed E-state index contributed by atoms with van der Waals surface area (Å²) in [6.07, 6.45) is 2.24. The highest BCUT2D eigenvalue weighted by atomic mass is 35.5. The number of imide groups is 1. The Morgan fingerprint density at radius 3 is 2.71 bits per heavy atom. The zero-order valence-electron chi connectivity index (χ0n) is 11.8. The SMILES string of the molecule is CCCCC(=O)NCCN1C(=O)c2cccc(Cl)c2C1=O. The summed E-state index contributed by atoms with van der Waals surface area (Å²) in [5.41, 5.74) is 0.575. The van der Waals surface area contributed by atoms with E-state index in [9.17, 15) is 14.4 Å². The summed E-state index contributed by atoms with van der Waals surface area (Å²) in [6.45, 7) is 2.42. The minimum absolute atomic E-state index is 0.0634. The second-order valence-corrected chi connectivity index (χ2v) is 5.29. The van der Waals surface area contributed by atoms with Crippen LogP contribution in [0.4, 0.5) is 0 Å².